The van der Waals surface area contributed by atoms with E-state index in [9.17, 15) is 8.42 Å². The lowest BCUT2D eigenvalue weighted by atomic mass is 10.1. The van der Waals surface area contributed by atoms with Gasteiger partial charge in [-0.05, 0) is 36.6 Å². The maximum atomic E-state index is 11.7. The molecule has 0 amide bonds. The first-order valence-corrected chi connectivity index (χ1v) is 7.63. The maximum Gasteiger partial charge on any atom is 0.232 e. The van der Waals surface area contributed by atoms with Crippen LogP contribution in [0.25, 0.3) is 0 Å². The molecule has 0 radical (unpaired) electrons. The lowest BCUT2D eigenvalue weighted by Gasteiger charge is -2.09. The molecule has 1 aromatic rings. The normalized spacial score (nSPS) is 14.2. The van der Waals surface area contributed by atoms with Gasteiger partial charge in [0, 0.05) is 17.9 Å². The number of rotatable bonds is 5. The summed E-state index contributed by atoms with van der Waals surface area (Å²) in [7, 11) is -3.18. The van der Waals surface area contributed by atoms with Gasteiger partial charge in [0.2, 0.25) is 10.0 Å². The van der Waals surface area contributed by atoms with Gasteiger partial charge >= 0.3 is 0 Å². The average molecular weight is 254 g/mol. The van der Waals surface area contributed by atoms with Gasteiger partial charge in [0.05, 0.1) is 5.75 Å². The number of hydrogen-bond donors (Lipinski definition) is 2. The number of nitrogens with one attached hydrogen (secondary N) is 2. The molecular weight excluding hydrogens is 236 g/mol. The van der Waals surface area contributed by atoms with Gasteiger partial charge < -0.3 is 5.32 Å². The Balaban J connectivity index is 2.09. The Morgan fingerprint density at radius 3 is 3.00 bits per heavy atom. The molecule has 1 aliphatic heterocycles. The van der Waals surface area contributed by atoms with Gasteiger partial charge in [0.25, 0.3) is 0 Å². The van der Waals surface area contributed by atoms with Crippen molar-refractivity contribution < 1.29 is 8.42 Å². The van der Waals surface area contributed by atoms with Crippen molar-refractivity contribution in [2.45, 2.75) is 26.2 Å². The molecule has 4 nitrogen and oxygen atoms in total. The molecule has 0 atom stereocenters. The van der Waals surface area contributed by atoms with Crippen LogP contribution in [0.3, 0.4) is 0 Å². The molecular formula is C12H18N2O2S. The predicted molar refractivity (Wildman–Crippen MR) is 71.0 cm³/mol. The van der Waals surface area contributed by atoms with Crippen LogP contribution < -0.4 is 10.0 Å². The summed E-state index contributed by atoms with van der Waals surface area (Å²) in [6, 6.07) is 5.65. The molecule has 94 valence electrons. The average Bonchev–Trinajstić information content (AvgIpc) is 2.73. The highest BCUT2D eigenvalue weighted by Crippen LogP contribution is 2.25. The molecule has 0 saturated heterocycles. The van der Waals surface area contributed by atoms with Gasteiger partial charge in [0.1, 0.15) is 0 Å². The first-order chi connectivity index (χ1) is 8.11. The van der Waals surface area contributed by atoms with E-state index >= 15 is 0 Å². The third kappa shape index (κ3) is 3.12. The second kappa shape index (κ2) is 4.96. The molecule has 0 saturated carbocycles. The van der Waals surface area contributed by atoms with Crippen molar-refractivity contribution in [3.8, 4) is 0 Å². The molecule has 1 heterocycles. The van der Waals surface area contributed by atoms with Crippen molar-refractivity contribution in [3.63, 3.8) is 0 Å². The van der Waals surface area contributed by atoms with E-state index in [4.69, 9.17) is 0 Å². The Morgan fingerprint density at radius 2 is 2.24 bits per heavy atom. The summed E-state index contributed by atoms with van der Waals surface area (Å²) in [6.45, 7) is 2.91. The highest BCUT2D eigenvalue weighted by molar-refractivity contribution is 7.92. The van der Waals surface area contributed by atoms with E-state index < -0.39 is 10.0 Å². The van der Waals surface area contributed by atoms with Gasteiger partial charge in [-0.25, -0.2) is 8.42 Å². The molecule has 0 fully saturated rings. The summed E-state index contributed by atoms with van der Waals surface area (Å²) in [4.78, 5) is 0. The van der Waals surface area contributed by atoms with Crippen molar-refractivity contribution in [1.82, 2.24) is 0 Å². The van der Waals surface area contributed by atoms with Crippen LogP contribution in [0.4, 0.5) is 11.4 Å². The molecule has 2 rings (SSSR count). The van der Waals surface area contributed by atoms with Gasteiger partial charge in [0.15, 0.2) is 0 Å². The second-order valence-corrected chi connectivity index (χ2v) is 6.17. The van der Waals surface area contributed by atoms with Crippen LogP contribution in [0.1, 0.15) is 25.3 Å². The molecule has 17 heavy (non-hydrogen) atoms. The number of anilines is 2. The molecule has 5 heteroatoms. The van der Waals surface area contributed by atoms with Crippen molar-refractivity contribution >= 4 is 21.4 Å². The van der Waals surface area contributed by atoms with Gasteiger partial charge in [-0.1, -0.05) is 13.3 Å². The van der Waals surface area contributed by atoms with E-state index in [1.165, 1.54) is 5.56 Å². The Morgan fingerprint density at radius 1 is 1.41 bits per heavy atom. The predicted octanol–water partition coefficient (Wildman–Crippen LogP) is 2.20. The fourth-order valence-electron chi connectivity index (χ4n) is 1.93. The van der Waals surface area contributed by atoms with Gasteiger partial charge in [-0.15, -0.1) is 0 Å². The third-order valence-corrected chi connectivity index (χ3v) is 4.23. The van der Waals surface area contributed by atoms with Crippen LogP contribution in [-0.2, 0) is 16.4 Å². The molecule has 1 aliphatic rings. The molecule has 0 unspecified atom stereocenters. The van der Waals surface area contributed by atoms with E-state index in [-0.39, 0.29) is 5.75 Å². The lowest BCUT2D eigenvalue weighted by Crippen LogP contribution is -2.16. The Kier molecular flexibility index (Phi) is 3.57. The zero-order chi connectivity index (χ0) is 12.3. The van der Waals surface area contributed by atoms with Crippen molar-refractivity contribution in [2.24, 2.45) is 0 Å². The van der Waals surface area contributed by atoms with E-state index in [0.717, 1.165) is 25.1 Å². The van der Waals surface area contributed by atoms with Crippen molar-refractivity contribution in [1.29, 1.82) is 0 Å². The number of hydrogen-bond acceptors (Lipinski definition) is 3. The SMILES string of the molecule is CCCCS(=O)(=O)Nc1ccc2c(c1)CCN2. The smallest absolute Gasteiger partial charge is 0.232 e. The Hall–Kier alpha value is -1.23. The standard InChI is InChI=1S/C12H18N2O2S/c1-2-3-8-17(15,16)14-11-4-5-12-10(9-11)6-7-13-12/h4-5,9,13-14H,2-3,6-8H2,1H3. The van der Waals surface area contributed by atoms with E-state index in [1.54, 1.807) is 6.07 Å². The van der Waals surface area contributed by atoms with Crippen LogP contribution in [0.5, 0.6) is 0 Å². The molecule has 0 aromatic heterocycles. The topological polar surface area (TPSA) is 58.2 Å². The van der Waals surface area contributed by atoms with Crippen molar-refractivity contribution in [3.05, 3.63) is 23.8 Å². The van der Waals surface area contributed by atoms with Crippen LogP contribution in [0, 0.1) is 0 Å². The molecule has 0 spiro atoms. The van der Waals surface area contributed by atoms with E-state index in [2.05, 4.69) is 10.0 Å². The Labute approximate surface area is 102 Å². The maximum absolute atomic E-state index is 11.7. The Bertz CT molecular complexity index is 497. The van der Waals surface area contributed by atoms with Crippen LogP contribution in [-0.4, -0.2) is 20.7 Å². The number of unbranched alkanes of at least 4 members (excludes halogenated alkanes) is 1. The van der Waals surface area contributed by atoms with Crippen LogP contribution in [0.15, 0.2) is 18.2 Å². The van der Waals surface area contributed by atoms with Crippen LogP contribution >= 0.6 is 0 Å². The van der Waals surface area contributed by atoms with Crippen molar-refractivity contribution in [2.75, 3.05) is 22.3 Å². The summed E-state index contributed by atoms with van der Waals surface area (Å²) in [5.74, 6) is 0.193. The summed E-state index contributed by atoms with van der Waals surface area (Å²) < 4.78 is 26.1. The fraction of sp³-hybridized carbons (Fsp3) is 0.500. The monoisotopic (exact) mass is 254 g/mol. The van der Waals surface area contributed by atoms with Gasteiger partial charge in [-0.3, -0.25) is 4.72 Å². The lowest BCUT2D eigenvalue weighted by molar-refractivity contribution is 0.598. The minimum Gasteiger partial charge on any atom is -0.384 e. The summed E-state index contributed by atoms with van der Waals surface area (Å²) >= 11 is 0. The van der Waals surface area contributed by atoms with Crippen LogP contribution in [0.2, 0.25) is 0 Å². The van der Waals surface area contributed by atoms with E-state index in [0.29, 0.717) is 12.1 Å². The molecule has 2 N–H and O–H groups in total. The highest BCUT2D eigenvalue weighted by atomic mass is 32.2. The summed E-state index contributed by atoms with van der Waals surface area (Å²) in [6.07, 6.45) is 2.54. The quantitative estimate of drug-likeness (QED) is 0.847. The largest absolute Gasteiger partial charge is 0.384 e. The minimum absolute atomic E-state index is 0.193. The van der Waals surface area contributed by atoms with Gasteiger partial charge in [-0.2, -0.15) is 0 Å². The zero-order valence-electron chi connectivity index (χ0n) is 9.99. The first kappa shape index (κ1) is 12.2. The highest BCUT2D eigenvalue weighted by Gasteiger charge is 2.13. The first-order valence-electron chi connectivity index (χ1n) is 5.98. The molecule has 1 aromatic carbocycles. The van der Waals surface area contributed by atoms with E-state index in [1.807, 2.05) is 19.1 Å². The summed E-state index contributed by atoms with van der Waals surface area (Å²) in [5, 5.41) is 3.25. The molecule has 0 aliphatic carbocycles. The summed E-state index contributed by atoms with van der Waals surface area (Å²) in [5.41, 5.74) is 2.96. The second-order valence-electron chi connectivity index (χ2n) is 4.32. The number of sulfonamides is 1. The molecule has 0 bridgehead atoms. The third-order valence-electron chi connectivity index (χ3n) is 2.86. The zero-order valence-corrected chi connectivity index (χ0v) is 10.8. The number of fused-ring (bicyclic) bond motifs is 1. The minimum atomic E-state index is -3.18. The number of benzene rings is 1. The fourth-order valence-corrected chi connectivity index (χ4v) is 3.19.